The lowest BCUT2D eigenvalue weighted by Gasteiger charge is -2.30. The van der Waals surface area contributed by atoms with Gasteiger partial charge in [0.2, 0.25) is 0 Å². The summed E-state index contributed by atoms with van der Waals surface area (Å²) >= 11 is 3.26. The maximum atomic E-state index is 12.5. The van der Waals surface area contributed by atoms with Crippen LogP contribution < -0.4 is 5.32 Å². The smallest absolute Gasteiger partial charge is 0.261 e. The summed E-state index contributed by atoms with van der Waals surface area (Å²) < 4.78 is 5.45. The van der Waals surface area contributed by atoms with Gasteiger partial charge in [-0.05, 0) is 49.3 Å². The molecule has 3 nitrogen and oxygen atoms in total. The Morgan fingerprint density at radius 1 is 1.33 bits per heavy atom. The van der Waals surface area contributed by atoms with Crippen molar-refractivity contribution in [2.75, 3.05) is 13.2 Å². The van der Waals surface area contributed by atoms with E-state index in [0.717, 1.165) is 30.9 Å². The fraction of sp³-hybridized carbons (Fsp3) is 0.438. The van der Waals surface area contributed by atoms with Crippen molar-refractivity contribution < 1.29 is 9.53 Å². The Balaban J connectivity index is 1.77. The van der Waals surface area contributed by atoms with E-state index < -0.39 is 0 Å². The number of aryl methyl sites for hydroxylation is 1. The molecule has 5 heteroatoms. The van der Waals surface area contributed by atoms with E-state index in [1.165, 1.54) is 9.75 Å². The molecular weight excluding hydrogens is 302 g/mol. The van der Waals surface area contributed by atoms with Gasteiger partial charge in [-0.2, -0.15) is 0 Å². The minimum absolute atomic E-state index is 0.0398. The molecule has 2 aromatic rings. The third-order valence-corrected chi connectivity index (χ3v) is 5.79. The van der Waals surface area contributed by atoms with Gasteiger partial charge in [0, 0.05) is 23.0 Å². The highest BCUT2D eigenvalue weighted by molar-refractivity contribution is 7.14. The van der Waals surface area contributed by atoms with E-state index in [0.29, 0.717) is 5.92 Å². The van der Waals surface area contributed by atoms with Crippen LogP contribution in [0.5, 0.6) is 0 Å². The molecule has 1 aliphatic rings. The second-order valence-electron chi connectivity index (χ2n) is 5.33. The van der Waals surface area contributed by atoms with E-state index in [2.05, 4.69) is 16.8 Å². The number of amides is 1. The van der Waals surface area contributed by atoms with E-state index in [9.17, 15) is 4.79 Å². The van der Waals surface area contributed by atoms with E-state index in [1.807, 2.05) is 25.1 Å². The number of nitrogens with one attached hydrogen (secondary N) is 1. The summed E-state index contributed by atoms with van der Waals surface area (Å²) in [5, 5.41) is 5.32. The van der Waals surface area contributed by atoms with Crippen molar-refractivity contribution in [2.24, 2.45) is 5.92 Å². The largest absolute Gasteiger partial charge is 0.381 e. The summed E-state index contributed by atoms with van der Waals surface area (Å²) in [5.41, 5.74) is 0. The molecule has 1 saturated heterocycles. The summed E-state index contributed by atoms with van der Waals surface area (Å²) in [6, 6.07) is 8.17. The highest BCUT2D eigenvalue weighted by Gasteiger charge is 2.28. The van der Waals surface area contributed by atoms with Gasteiger partial charge in [0.05, 0.1) is 10.9 Å². The normalized spacial score (nSPS) is 17.6. The molecular formula is C16H19NO2S2. The standard InChI is InChI=1S/C16H19NO2S2/c1-11-4-5-14(21-11)16(18)17-15(13-3-2-10-20-13)12-6-8-19-9-7-12/h2-5,10,12,15H,6-9H2,1H3,(H,17,18)/t15-/m1/s1. The van der Waals surface area contributed by atoms with Crippen molar-refractivity contribution in [3.05, 3.63) is 44.3 Å². The third kappa shape index (κ3) is 3.54. The van der Waals surface area contributed by atoms with Gasteiger partial charge in [-0.25, -0.2) is 0 Å². The van der Waals surface area contributed by atoms with Crippen molar-refractivity contribution in [1.29, 1.82) is 0 Å². The molecule has 1 atom stereocenters. The SMILES string of the molecule is Cc1ccc(C(=O)N[C@@H](c2cccs2)C2CCOCC2)s1. The van der Waals surface area contributed by atoms with Gasteiger partial charge in [-0.1, -0.05) is 6.07 Å². The highest BCUT2D eigenvalue weighted by atomic mass is 32.1. The first kappa shape index (κ1) is 14.8. The van der Waals surface area contributed by atoms with E-state index in [1.54, 1.807) is 22.7 Å². The molecule has 3 rings (SSSR count). The second-order valence-corrected chi connectivity index (χ2v) is 7.59. The second kappa shape index (κ2) is 6.73. The van der Waals surface area contributed by atoms with Crippen molar-refractivity contribution in [3.63, 3.8) is 0 Å². The zero-order valence-corrected chi connectivity index (χ0v) is 13.6. The molecule has 21 heavy (non-hydrogen) atoms. The van der Waals surface area contributed by atoms with Gasteiger partial charge in [0.1, 0.15) is 0 Å². The Morgan fingerprint density at radius 3 is 2.76 bits per heavy atom. The van der Waals surface area contributed by atoms with Crippen LogP contribution in [0.4, 0.5) is 0 Å². The third-order valence-electron chi connectivity index (χ3n) is 3.84. The molecule has 2 aromatic heterocycles. The summed E-state index contributed by atoms with van der Waals surface area (Å²) in [4.78, 5) is 15.7. The Morgan fingerprint density at radius 2 is 2.14 bits per heavy atom. The van der Waals surface area contributed by atoms with Crippen LogP contribution in [0.2, 0.25) is 0 Å². The predicted molar refractivity (Wildman–Crippen MR) is 87.1 cm³/mol. The monoisotopic (exact) mass is 321 g/mol. The van der Waals surface area contributed by atoms with Gasteiger partial charge in [-0.3, -0.25) is 4.79 Å². The first-order chi connectivity index (χ1) is 10.2. The molecule has 0 spiro atoms. The lowest BCUT2D eigenvalue weighted by molar-refractivity contribution is 0.0519. The maximum absolute atomic E-state index is 12.5. The Labute approximate surface area is 133 Å². The van der Waals surface area contributed by atoms with E-state index in [4.69, 9.17) is 4.74 Å². The van der Waals surface area contributed by atoms with Crippen LogP contribution in [-0.4, -0.2) is 19.1 Å². The van der Waals surface area contributed by atoms with Gasteiger partial charge in [0.25, 0.3) is 5.91 Å². The molecule has 0 saturated carbocycles. The van der Waals surface area contributed by atoms with Crippen molar-refractivity contribution in [2.45, 2.75) is 25.8 Å². The first-order valence-corrected chi connectivity index (χ1v) is 8.92. The summed E-state index contributed by atoms with van der Waals surface area (Å²) in [5.74, 6) is 0.500. The predicted octanol–water partition coefficient (Wildman–Crippen LogP) is 4.02. The summed E-state index contributed by atoms with van der Waals surface area (Å²) in [7, 11) is 0. The minimum atomic E-state index is 0.0398. The first-order valence-electron chi connectivity index (χ1n) is 7.22. The molecule has 112 valence electrons. The van der Waals surface area contributed by atoms with Crippen molar-refractivity contribution in [3.8, 4) is 0 Å². The molecule has 1 N–H and O–H groups in total. The molecule has 0 aromatic carbocycles. The zero-order valence-electron chi connectivity index (χ0n) is 12.0. The molecule has 0 aliphatic carbocycles. The van der Waals surface area contributed by atoms with E-state index >= 15 is 0 Å². The average molecular weight is 321 g/mol. The van der Waals surface area contributed by atoms with Crippen LogP contribution in [0.3, 0.4) is 0 Å². The van der Waals surface area contributed by atoms with Crippen molar-refractivity contribution >= 4 is 28.6 Å². The number of carbonyl (C=O) groups is 1. The summed E-state index contributed by atoms with van der Waals surface area (Å²) in [6.45, 7) is 3.61. The minimum Gasteiger partial charge on any atom is -0.381 e. The molecule has 0 unspecified atom stereocenters. The lowest BCUT2D eigenvalue weighted by atomic mass is 9.90. The van der Waals surface area contributed by atoms with Crippen LogP contribution in [0.1, 0.15) is 38.3 Å². The van der Waals surface area contributed by atoms with Crippen LogP contribution in [0.15, 0.2) is 29.6 Å². The van der Waals surface area contributed by atoms with E-state index in [-0.39, 0.29) is 11.9 Å². The van der Waals surface area contributed by atoms with Gasteiger partial charge in [-0.15, -0.1) is 22.7 Å². The number of hydrogen-bond donors (Lipinski definition) is 1. The van der Waals surface area contributed by atoms with Crippen LogP contribution in [-0.2, 0) is 4.74 Å². The average Bonchev–Trinajstić information content (AvgIpc) is 3.17. The number of hydrogen-bond acceptors (Lipinski definition) is 4. The Hall–Kier alpha value is -1.17. The lowest BCUT2D eigenvalue weighted by Crippen LogP contribution is -2.35. The molecule has 0 radical (unpaired) electrons. The number of thiophene rings is 2. The topological polar surface area (TPSA) is 38.3 Å². The molecule has 1 amide bonds. The highest BCUT2D eigenvalue weighted by Crippen LogP contribution is 2.33. The molecule has 0 bridgehead atoms. The fourth-order valence-electron chi connectivity index (χ4n) is 2.71. The number of ether oxygens (including phenoxy) is 1. The van der Waals surface area contributed by atoms with Gasteiger partial charge >= 0.3 is 0 Å². The number of rotatable bonds is 4. The molecule has 3 heterocycles. The van der Waals surface area contributed by atoms with Crippen molar-refractivity contribution in [1.82, 2.24) is 5.32 Å². The zero-order chi connectivity index (χ0) is 14.7. The van der Waals surface area contributed by atoms with Crippen LogP contribution in [0, 0.1) is 12.8 Å². The number of carbonyl (C=O) groups excluding carboxylic acids is 1. The van der Waals surface area contributed by atoms with Crippen LogP contribution in [0.25, 0.3) is 0 Å². The molecule has 1 aliphatic heterocycles. The Bertz CT molecular complexity index is 585. The Kier molecular flexibility index (Phi) is 4.73. The van der Waals surface area contributed by atoms with Gasteiger partial charge < -0.3 is 10.1 Å². The molecule has 1 fully saturated rings. The van der Waals surface area contributed by atoms with Gasteiger partial charge in [0.15, 0.2) is 0 Å². The quantitative estimate of drug-likeness (QED) is 0.924. The fourth-order valence-corrected chi connectivity index (χ4v) is 4.35. The summed E-state index contributed by atoms with van der Waals surface area (Å²) in [6.07, 6.45) is 2.01. The maximum Gasteiger partial charge on any atom is 0.261 e. The van der Waals surface area contributed by atoms with Crippen LogP contribution >= 0.6 is 22.7 Å².